The summed E-state index contributed by atoms with van der Waals surface area (Å²) in [6.07, 6.45) is 4.90. The molecule has 1 saturated heterocycles. The van der Waals surface area contributed by atoms with E-state index in [0.717, 1.165) is 35.2 Å². The lowest BCUT2D eigenvalue weighted by atomic mass is 10.1. The molecule has 3 N–H and O–H groups in total. The van der Waals surface area contributed by atoms with E-state index in [4.69, 9.17) is 10.5 Å². The number of nitrogen functional groups attached to an aromatic ring is 1. The minimum Gasteiger partial charge on any atom is -0.398 e. The fourth-order valence-electron chi connectivity index (χ4n) is 2.46. The molecule has 2 aromatic rings. The van der Waals surface area contributed by atoms with Crippen molar-refractivity contribution in [3.8, 4) is 0 Å². The van der Waals surface area contributed by atoms with Crippen molar-refractivity contribution in [2.75, 3.05) is 17.7 Å². The van der Waals surface area contributed by atoms with Crippen LogP contribution in [0.4, 0.5) is 11.4 Å². The summed E-state index contributed by atoms with van der Waals surface area (Å²) >= 11 is 0. The van der Waals surface area contributed by atoms with Crippen LogP contribution in [-0.2, 0) is 4.74 Å². The predicted molar refractivity (Wildman–Crippen MR) is 73.6 cm³/mol. The van der Waals surface area contributed by atoms with Gasteiger partial charge < -0.3 is 15.8 Å². The van der Waals surface area contributed by atoms with E-state index in [9.17, 15) is 0 Å². The summed E-state index contributed by atoms with van der Waals surface area (Å²) in [6.45, 7) is 2.92. The van der Waals surface area contributed by atoms with E-state index in [1.807, 2.05) is 24.4 Å². The van der Waals surface area contributed by atoms with E-state index in [1.165, 1.54) is 0 Å². The third-order valence-electron chi connectivity index (χ3n) is 3.57. The Morgan fingerprint density at radius 3 is 3.00 bits per heavy atom. The molecule has 1 aromatic carbocycles. The minimum atomic E-state index is 0.245. The number of pyridine rings is 1. The van der Waals surface area contributed by atoms with Gasteiger partial charge in [-0.05, 0) is 31.5 Å². The van der Waals surface area contributed by atoms with Crippen molar-refractivity contribution in [1.82, 2.24) is 4.98 Å². The molecule has 2 unspecified atom stereocenters. The number of hydrogen-bond donors (Lipinski definition) is 2. The number of benzene rings is 1. The Kier molecular flexibility index (Phi) is 2.80. The van der Waals surface area contributed by atoms with Crippen LogP contribution in [0.25, 0.3) is 10.8 Å². The van der Waals surface area contributed by atoms with Crippen LogP contribution in [0.5, 0.6) is 0 Å². The molecule has 1 aliphatic heterocycles. The lowest BCUT2D eigenvalue weighted by molar-refractivity contribution is 0.121. The molecule has 3 rings (SSSR count). The average Bonchev–Trinajstić information content (AvgIpc) is 2.79. The minimum absolute atomic E-state index is 0.245. The average molecular weight is 243 g/mol. The third-order valence-corrected chi connectivity index (χ3v) is 3.57. The van der Waals surface area contributed by atoms with E-state index in [-0.39, 0.29) is 6.10 Å². The van der Waals surface area contributed by atoms with Gasteiger partial charge in [-0.1, -0.05) is 0 Å². The largest absolute Gasteiger partial charge is 0.398 e. The highest BCUT2D eigenvalue weighted by Gasteiger charge is 2.24. The molecule has 4 heteroatoms. The van der Waals surface area contributed by atoms with Gasteiger partial charge in [0.2, 0.25) is 0 Å². The van der Waals surface area contributed by atoms with Crippen LogP contribution in [0, 0.1) is 0 Å². The van der Waals surface area contributed by atoms with Crippen LogP contribution in [0.1, 0.15) is 13.3 Å². The number of fused-ring (bicyclic) bond motifs is 1. The van der Waals surface area contributed by atoms with Gasteiger partial charge >= 0.3 is 0 Å². The van der Waals surface area contributed by atoms with Gasteiger partial charge in [0.25, 0.3) is 0 Å². The number of anilines is 2. The quantitative estimate of drug-likeness (QED) is 0.795. The molecular formula is C14H17N3O. The smallest absolute Gasteiger partial charge is 0.0748 e. The number of nitrogens with one attached hydrogen (secondary N) is 1. The lowest BCUT2D eigenvalue weighted by Gasteiger charge is -2.19. The molecule has 2 heterocycles. The van der Waals surface area contributed by atoms with E-state index >= 15 is 0 Å². The summed E-state index contributed by atoms with van der Waals surface area (Å²) in [6, 6.07) is 6.26. The van der Waals surface area contributed by atoms with Gasteiger partial charge in [0, 0.05) is 41.1 Å². The Morgan fingerprint density at radius 1 is 1.33 bits per heavy atom. The summed E-state index contributed by atoms with van der Waals surface area (Å²) in [5.74, 6) is 0. The number of hydrogen-bond acceptors (Lipinski definition) is 4. The standard InChI is InChI=1S/C14H17N3O/c1-9-13(5-7-18-9)17-14-3-2-12(15)10-4-6-16-8-11(10)14/h2-4,6,8-9,13,17H,5,7,15H2,1H3. The van der Waals surface area contributed by atoms with Crippen molar-refractivity contribution in [3.63, 3.8) is 0 Å². The summed E-state index contributed by atoms with van der Waals surface area (Å²) in [4.78, 5) is 4.18. The second-order valence-corrected chi connectivity index (χ2v) is 4.74. The Hall–Kier alpha value is -1.81. The third kappa shape index (κ3) is 1.88. The van der Waals surface area contributed by atoms with Gasteiger partial charge in [0.15, 0.2) is 0 Å². The van der Waals surface area contributed by atoms with E-state index in [2.05, 4.69) is 17.2 Å². The molecule has 0 amide bonds. The van der Waals surface area contributed by atoms with Crippen molar-refractivity contribution in [2.45, 2.75) is 25.5 Å². The van der Waals surface area contributed by atoms with Crippen LogP contribution in [0.2, 0.25) is 0 Å². The Labute approximate surface area is 106 Å². The van der Waals surface area contributed by atoms with Gasteiger partial charge in [-0.3, -0.25) is 4.98 Å². The van der Waals surface area contributed by atoms with Gasteiger partial charge in [0.05, 0.1) is 12.1 Å². The number of nitrogens with zero attached hydrogens (tertiary/aromatic N) is 1. The van der Waals surface area contributed by atoms with Gasteiger partial charge in [-0.25, -0.2) is 0 Å². The molecule has 1 fully saturated rings. The molecule has 4 nitrogen and oxygen atoms in total. The van der Waals surface area contributed by atoms with Crippen molar-refractivity contribution < 1.29 is 4.74 Å². The molecule has 0 spiro atoms. The first-order chi connectivity index (χ1) is 8.75. The molecule has 18 heavy (non-hydrogen) atoms. The molecule has 0 aliphatic carbocycles. The van der Waals surface area contributed by atoms with Gasteiger partial charge in [-0.2, -0.15) is 0 Å². The van der Waals surface area contributed by atoms with E-state index in [0.29, 0.717) is 6.04 Å². The number of rotatable bonds is 2. The maximum absolute atomic E-state index is 5.98. The van der Waals surface area contributed by atoms with Crippen molar-refractivity contribution in [1.29, 1.82) is 0 Å². The fourth-order valence-corrected chi connectivity index (χ4v) is 2.46. The molecule has 1 aromatic heterocycles. The summed E-state index contributed by atoms with van der Waals surface area (Å²) in [7, 11) is 0. The summed E-state index contributed by atoms with van der Waals surface area (Å²) in [5.41, 5.74) is 7.84. The van der Waals surface area contributed by atoms with Gasteiger partial charge in [-0.15, -0.1) is 0 Å². The second kappa shape index (κ2) is 4.46. The molecule has 0 radical (unpaired) electrons. The first-order valence-electron chi connectivity index (χ1n) is 6.26. The SMILES string of the molecule is CC1OCCC1Nc1ccc(N)c2ccncc12. The van der Waals surface area contributed by atoms with Crippen molar-refractivity contribution in [3.05, 3.63) is 30.6 Å². The topological polar surface area (TPSA) is 60.2 Å². The summed E-state index contributed by atoms with van der Waals surface area (Å²) in [5, 5.41) is 5.65. The predicted octanol–water partition coefficient (Wildman–Crippen LogP) is 2.41. The number of nitrogens with two attached hydrogens (primary N) is 1. The maximum Gasteiger partial charge on any atom is 0.0748 e. The van der Waals surface area contributed by atoms with Crippen LogP contribution < -0.4 is 11.1 Å². The van der Waals surface area contributed by atoms with Crippen molar-refractivity contribution >= 4 is 22.1 Å². The zero-order valence-electron chi connectivity index (χ0n) is 10.4. The highest BCUT2D eigenvalue weighted by Crippen LogP contribution is 2.29. The highest BCUT2D eigenvalue weighted by molar-refractivity contribution is 6.00. The van der Waals surface area contributed by atoms with Crippen LogP contribution in [0.15, 0.2) is 30.6 Å². The lowest BCUT2D eigenvalue weighted by Crippen LogP contribution is -2.26. The monoisotopic (exact) mass is 243 g/mol. The zero-order valence-corrected chi connectivity index (χ0v) is 10.4. The van der Waals surface area contributed by atoms with Crippen LogP contribution in [-0.4, -0.2) is 23.7 Å². The maximum atomic E-state index is 5.98. The van der Waals surface area contributed by atoms with Crippen LogP contribution >= 0.6 is 0 Å². The van der Waals surface area contributed by atoms with E-state index < -0.39 is 0 Å². The fraction of sp³-hybridized carbons (Fsp3) is 0.357. The van der Waals surface area contributed by atoms with E-state index in [1.54, 1.807) is 6.20 Å². The highest BCUT2D eigenvalue weighted by atomic mass is 16.5. The Bertz CT molecular complexity index is 570. The Balaban J connectivity index is 1.99. The summed E-state index contributed by atoms with van der Waals surface area (Å²) < 4.78 is 5.57. The van der Waals surface area contributed by atoms with Crippen molar-refractivity contribution in [2.24, 2.45) is 0 Å². The van der Waals surface area contributed by atoms with Crippen LogP contribution in [0.3, 0.4) is 0 Å². The Morgan fingerprint density at radius 2 is 2.22 bits per heavy atom. The second-order valence-electron chi connectivity index (χ2n) is 4.74. The number of aromatic nitrogens is 1. The zero-order chi connectivity index (χ0) is 12.5. The molecule has 0 saturated carbocycles. The molecule has 1 aliphatic rings. The molecule has 94 valence electrons. The normalized spacial score (nSPS) is 23.4. The first-order valence-corrected chi connectivity index (χ1v) is 6.26. The molecule has 0 bridgehead atoms. The number of ether oxygens (including phenoxy) is 1. The first kappa shape index (κ1) is 11.3. The van der Waals surface area contributed by atoms with Gasteiger partial charge in [0.1, 0.15) is 0 Å². The molecule has 2 atom stereocenters. The molecular weight excluding hydrogens is 226 g/mol.